The molecule has 0 fully saturated rings. The first-order chi connectivity index (χ1) is 12.3. The summed E-state index contributed by atoms with van der Waals surface area (Å²) in [6.45, 7) is 2.39. The molecule has 0 amide bonds. The fraction of sp³-hybridized carbons (Fsp3) is 0.950. The first kappa shape index (κ1) is 24.4. The highest BCUT2D eigenvalue weighted by Gasteiger charge is 1.97. The Morgan fingerprint density at radius 1 is 0.640 bits per heavy atom. The van der Waals surface area contributed by atoms with Crippen molar-refractivity contribution >= 4 is 5.97 Å². The average molecular weight is 361 g/mol. The molecule has 0 aromatic heterocycles. The number of methoxy groups -OCH3 is 1. The van der Waals surface area contributed by atoms with E-state index in [-0.39, 0.29) is 0 Å². The number of ether oxygens (including phenoxy) is 3. The molecule has 25 heavy (non-hydrogen) atoms. The van der Waals surface area contributed by atoms with Gasteiger partial charge in [-0.1, -0.05) is 70.6 Å². The van der Waals surface area contributed by atoms with Crippen molar-refractivity contribution in [3.8, 4) is 0 Å². The van der Waals surface area contributed by atoms with Gasteiger partial charge in [-0.15, -0.1) is 0 Å². The van der Waals surface area contributed by atoms with Gasteiger partial charge in [0.15, 0.2) is 0 Å². The highest BCUT2D eigenvalue weighted by atomic mass is 16.7. The summed E-state index contributed by atoms with van der Waals surface area (Å²) in [5.74, 6) is -0.667. The third-order valence-electron chi connectivity index (χ3n) is 4.28. The van der Waals surface area contributed by atoms with Crippen LogP contribution in [-0.4, -0.2) is 44.8 Å². The third-order valence-corrected chi connectivity index (χ3v) is 4.28. The molecule has 0 unspecified atom stereocenters. The SMILES string of the molecule is COCCOCOCCCCCCCCCCCCCCCC(=O)O. The van der Waals surface area contributed by atoms with E-state index >= 15 is 0 Å². The summed E-state index contributed by atoms with van der Waals surface area (Å²) >= 11 is 0. The molecule has 0 aliphatic carbocycles. The van der Waals surface area contributed by atoms with Gasteiger partial charge in [-0.25, -0.2) is 0 Å². The first-order valence-electron chi connectivity index (χ1n) is 10.1. The lowest BCUT2D eigenvalue weighted by Crippen LogP contribution is -2.06. The summed E-state index contributed by atoms with van der Waals surface area (Å²) in [4.78, 5) is 10.4. The van der Waals surface area contributed by atoms with E-state index < -0.39 is 5.97 Å². The summed E-state index contributed by atoms with van der Waals surface area (Å²) in [6, 6.07) is 0. The zero-order valence-electron chi connectivity index (χ0n) is 16.3. The fourth-order valence-corrected chi connectivity index (χ4v) is 2.74. The molecule has 150 valence electrons. The van der Waals surface area contributed by atoms with Crippen LogP contribution in [0.2, 0.25) is 0 Å². The predicted octanol–water partition coefficient (Wildman–Crippen LogP) is 5.17. The van der Waals surface area contributed by atoms with E-state index in [0.29, 0.717) is 26.4 Å². The van der Waals surface area contributed by atoms with Crippen molar-refractivity contribution in [3.05, 3.63) is 0 Å². The van der Waals surface area contributed by atoms with Gasteiger partial charge in [0, 0.05) is 20.1 Å². The Morgan fingerprint density at radius 2 is 1.08 bits per heavy atom. The average Bonchev–Trinajstić information content (AvgIpc) is 2.60. The van der Waals surface area contributed by atoms with Gasteiger partial charge in [0.2, 0.25) is 0 Å². The minimum absolute atomic E-state index is 0.328. The maximum absolute atomic E-state index is 10.4. The Balaban J connectivity index is 2.97. The standard InChI is InChI=1S/C20H40O5/c1-23-17-18-25-19-24-16-14-12-10-8-6-4-2-3-5-7-9-11-13-15-20(21)22/h2-19H2,1H3,(H,21,22). The summed E-state index contributed by atoms with van der Waals surface area (Å²) in [6.07, 6.45) is 16.3. The van der Waals surface area contributed by atoms with Crippen LogP contribution in [0.5, 0.6) is 0 Å². The van der Waals surface area contributed by atoms with Crippen LogP contribution < -0.4 is 0 Å². The fourth-order valence-electron chi connectivity index (χ4n) is 2.74. The van der Waals surface area contributed by atoms with Crippen molar-refractivity contribution in [1.82, 2.24) is 0 Å². The topological polar surface area (TPSA) is 65.0 Å². The Hall–Kier alpha value is -0.650. The van der Waals surface area contributed by atoms with Crippen molar-refractivity contribution < 1.29 is 24.1 Å². The molecule has 0 atom stereocenters. The molecule has 0 aromatic carbocycles. The Labute approximate surface area is 154 Å². The van der Waals surface area contributed by atoms with Gasteiger partial charge >= 0.3 is 5.97 Å². The van der Waals surface area contributed by atoms with Crippen LogP contribution in [-0.2, 0) is 19.0 Å². The minimum atomic E-state index is -0.667. The number of carboxylic acid groups (broad SMARTS) is 1. The summed E-state index contributed by atoms with van der Waals surface area (Å²) in [7, 11) is 1.66. The molecule has 0 bridgehead atoms. The largest absolute Gasteiger partial charge is 0.481 e. The molecule has 0 saturated heterocycles. The minimum Gasteiger partial charge on any atom is -0.481 e. The Bertz CT molecular complexity index is 271. The van der Waals surface area contributed by atoms with E-state index in [2.05, 4.69) is 0 Å². The smallest absolute Gasteiger partial charge is 0.303 e. The molecular weight excluding hydrogens is 320 g/mol. The van der Waals surface area contributed by atoms with Crippen molar-refractivity contribution in [2.24, 2.45) is 0 Å². The van der Waals surface area contributed by atoms with Crippen LogP contribution in [0.25, 0.3) is 0 Å². The third kappa shape index (κ3) is 23.4. The second-order valence-electron chi connectivity index (χ2n) is 6.67. The maximum atomic E-state index is 10.4. The van der Waals surface area contributed by atoms with E-state index in [0.717, 1.165) is 25.9 Å². The van der Waals surface area contributed by atoms with E-state index in [4.69, 9.17) is 19.3 Å². The Morgan fingerprint density at radius 3 is 1.56 bits per heavy atom. The number of unbranched alkanes of at least 4 members (excludes halogenated alkanes) is 12. The molecule has 0 radical (unpaired) electrons. The lowest BCUT2D eigenvalue weighted by molar-refractivity contribution is -0.137. The number of hydrogen-bond acceptors (Lipinski definition) is 4. The van der Waals surface area contributed by atoms with Gasteiger partial charge in [-0.05, 0) is 12.8 Å². The van der Waals surface area contributed by atoms with Crippen LogP contribution in [0.15, 0.2) is 0 Å². The van der Waals surface area contributed by atoms with Crippen LogP contribution in [0, 0.1) is 0 Å². The van der Waals surface area contributed by atoms with Crippen molar-refractivity contribution in [2.45, 2.75) is 89.9 Å². The Kier molecular flexibility index (Phi) is 20.8. The number of carbonyl (C=O) groups is 1. The van der Waals surface area contributed by atoms with E-state index in [1.165, 1.54) is 64.2 Å². The van der Waals surface area contributed by atoms with Gasteiger partial charge < -0.3 is 19.3 Å². The van der Waals surface area contributed by atoms with E-state index in [1.54, 1.807) is 7.11 Å². The van der Waals surface area contributed by atoms with Gasteiger partial charge in [0.25, 0.3) is 0 Å². The molecular formula is C20H40O5. The second kappa shape index (κ2) is 21.4. The van der Waals surface area contributed by atoms with Crippen molar-refractivity contribution in [1.29, 1.82) is 0 Å². The molecule has 0 rings (SSSR count). The number of aliphatic carboxylic acids is 1. The summed E-state index contributed by atoms with van der Waals surface area (Å²) in [5, 5.41) is 8.55. The van der Waals surface area contributed by atoms with Crippen LogP contribution in [0.3, 0.4) is 0 Å². The van der Waals surface area contributed by atoms with Crippen molar-refractivity contribution in [3.63, 3.8) is 0 Å². The molecule has 5 heteroatoms. The van der Waals surface area contributed by atoms with Crippen LogP contribution >= 0.6 is 0 Å². The first-order valence-corrected chi connectivity index (χ1v) is 10.1. The lowest BCUT2D eigenvalue weighted by Gasteiger charge is -2.05. The van der Waals surface area contributed by atoms with Gasteiger partial charge in [0.05, 0.1) is 13.2 Å². The maximum Gasteiger partial charge on any atom is 0.303 e. The molecule has 0 saturated carbocycles. The van der Waals surface area contributed by atoms with Gasteiger partial charge in [0.1, 0.15) is 6.79 Å². The van der Waals surface area contributed by atoms with E-state index in [1.807, 2.05) is 0 Å². The quantitative estimate of drug-likeness (QED) is 0.226. The van der Waals surface area contributed by atoms with Gasteiger partial charge in [-0.2, -0.15) is 0 Å². The van der Waals surface area contributed by atoms with Crippen LogP contribution in [0.4, 0.5) is 0 Å². The summed E-state index contributed by atoms with van der Waals surface area (Å²) < 4.78 is 15.5. The van der Waals surface area contributed by atoms with Crippen LogP contribution in [0.1, 0.15) is 89.9 Å². The zero-order valence-corrected chi connectivity index (χ0v) is 16.3. The molecule has 0 aliphatic heterocycles. The zero-order chi connectivity index (χ0) is 18.4. The molecule has 1 N–H and O–H groups in total. The highest BCUT2D eigenvalue weighted by molar-refractivity contribution is 5.66. The summed E-state index contributed by atoms with van der Waals surface area (Å²) in [5.41, 5.74) is 0. The molecule has 0 spiro atoms. The van der Waals surface area contributed by atoms with E-state index in [9.17, 15) is 4.79 Å². The highest BCUT2D eigenvalue weighted by Crippen LogP contribution is 2.13. The molecule has 0 heterocycles. The predicted molar refractivity (Wildman–Crippen MR) is 101 cm³/mol. The number of carboxylic acids is 1. The molecule has 0 aliphatic rings. The number of hydrogen-bond donors (Lipinski definition) is 1. The second-order valence-corrected chi connectivity index (χ2v) is 6.67. The molecule has 0 aromatic rings. The van der Waals surface area contributed by atoms with Gasteiger partial charge in [-0.3, -0.25) is 4.79 Å². The normalized spacial score (nSPS) is 11.1. The molecule has 5 nitrogen and oxygen atoms in total. The lowest BCUT2D eigenvalue weighted by atomic mass is 10.0. The number of rotatable bonds is 21. The monoisotopic (exact) mass is 360 g/mol. The van der Waals surface area contributed by atoms with Crippen molar-refractivity contribution in [2.75, 3.05) is 33.7 Å².